The van der Waals surface area contributed by atoms with Crippen molar-refractivity contribution in [2.24, 2.45) is 0 Å². The third-order valence-electron chi connectivity index (χ3n) is 3.88. The highest BCUT2D eigenvalue weighted by Gasteiger charge is 2.15. The van der Waals surface area contributed by atoms with Gasteiger partial charge in [0.05, 0.1) is 0 Å². The summed E-state index contributed by atoms with van der Waals surface area (Å²) in [5, 5.41) is 0.278. The van der Waals surface area contributed by atoms with Gasteiger partial charge in [0.1, 0.15) is 11.5 Å². The number of H-pyrrole nitrogens is 1. The summed E-state index contributed by atoms with van der Waals surface area (Å²) in [6.45, 7) is 5.69. The van der Waals surface area contributed by atoms with Crippen molar-refractivity contribution in [3.63, 3.8) is 0 Å². The summed E-state index contributed by atoms with van der Waals surface area (Å²) in [7, 11) is 0. The van der Waals surface area contributed by atoms with Gasteiger partial charge in [0.25, 0.3) is 11.6 Å². The molecule has 1 atom stereocenters. The number of ether oxygens (including phenoxy) is 1. The third kappa shape index (κ3) is 3.66. The second kappa shape index (κ2) is 6.84. The van der Waals surface area contributed by atoms with Gasteiger partial charge in [0, 0.05) is 10.5 Å². The molecule has 0 amide bonds. The van der Waals surface area contributed by atoms with E-state index in [2.05, 4.69) is 25.9 Å². The van der Waals surface area contributed by atoms with Gasteiger partial charge in [-0.1, -0.05) is 28.9 Å². The first-order chi connectivity index (χ1) is 11.9. The van der Waals surface area contributed by atoms with Crippen molar-refractivity contribution in [3.05, 3.63) is 66.2 Å². The van der Waals surface area contributed by atoms with Gasteiger partial charge in [-0.15, -0.1) is 0 Å². The number of nitrogens with one attached hydrogen (secondary N) is 1. The maximum atomic E-state index is 12.4. The molecule has 2 aromatic heterocycles. The molecule has 1 N–H and O–H groups in total. The summed E-state index contributed by atoms with van der Waals surface area (Å²) in [5.41, 5.74) is 1.67. The number of halogens is 1. The van der Waals surface area contributed by atoms with Crippen molar-refractivity contribution >= 4 is 27.0 Å². The van der Waals surface area contributed by atoms with Gasteiger partial charge >= 0.3 is 5.63 Å². The molecule has 25 heavy (non-hydrogen) atoms. The fourth-order valence-corrected chi connectivity index (χ4v) is 3.32. The van der Waals surface area contributed by atoms with Crippen LogP contribution in [0, 0.1) is 6.92 Å². The number of aromatic amines is 1. The summed E-state index contributed by atoms with van der Waals surface area (Å²) in [6, 6.07) is 7.25. The van der Waals surface area contributed by atoms with Gasteiger partial charge in [-0.3, -0.25) is 9.78 Å². The number of hydrogen-bond donors (Lipinski definition) is 1. The molecule has 3 aromatic rings. The molecule has 0 aliphatic carbocycles. The fraction of sp³-hybridized carbons (Fsp3) is 0.278. The lowest BCUT2D eigenvalue weighted by Gasteiger charge is -2.15. The molecule has 0 unspecified atom stereocenters. The molecular weight excluding hydrogens is 388 g/mol. The Bertz CT molecular complexity index is 1030. The zero-order chi connectivity index (χ0) is 18.1. The number of hydrogen-bond acceptors (Lipinski definition) is 5. The van der Waals surface area contributed by atoms with Gasteiger partial charge in [0.15, 0.2) is 0 Å². The van der Waals surface area contributed by atoms with Crippen molar-refractivity contribution in [2.75, 3.05) is 0 Å². The van der Waals surface area contributed by atoms with E-state index in [1.807, 2.05) is 39.0 Å². The molecule has 0 bridgehead atoms. The lowest BCUT2D eigenvalue weighted by atomic mass is 10.1. The fourth-order valence-electron chi connectivity index (χ4n) is 2.70. The maximum Gasteiger partial charge on any atom is 0.337 e. The standard InChI is InChI=1S/C18H17BrN2O4/c1-4-11-8-14(22)25-17-15(11)16(23)20-18(21-17)24-10(3)12-5-9(2)6-13(19)7-12/h5-8,10H,4H2,1-3H3,(H,20,21,23)/t10-/m1/s1. The summed E-state index contributed by atoms with van der Waals surface area (Å²) in [6.07, 6.45) is 0.179. The van der Waals surface area contributed by atoms with Gasteiger partial charge in [-0.05, 0) is 49.1 Å². The molecule has 0 fully saturated rings. The minimum atomic E-state index is -0.538. The predicted molar refractivity (Wildman–Crippen MR) is 98.2 cm³/mol. The smallest absolute Gasteiger partial charge is 0.337 e. The summed E-state index contributed by atoms with van der Waals surface area (Å²) in [5.74, 6) is 0. The zero-order valence-electron chi connectivity index (χ0n) is 14.1. The topological polar surface area (TPSA) is 85.2 Å². The van der Waals surface area contributed by atoms with Crippen LogP contribution in [0.15, 0.2) is 42.7 Å². The molecule has 0 saturated heterocycles. The third-order valence-corrected chi connectivity index (χ3v) is 4.34. The molecule has 0 saturated carbocycles. The zero-order valence-corrected chi connectivity index (χ0v) is 15.6. The van der Waals surface area contributed by atoms with Crippen molar-refractivity contribution in [2.45, 2.75) is 33.3 Å². The Morgan fingerprint density at radius 2 is 2.04 bits per heavy atom. The van der Waals surface area contributed by atoms with Crippen LogP contribution < -0.4 is 15.9 Å². The molecule has 0 spiro atoms. The van der Waals surface area contributed by atoms with Crippen LogP contribution in [0.3, 0.4) is 0 Å². The molecule has 0 radical (unpaired) electrons. The average Bonchev–Trinajstić information content (AvgIpc) is 2.52. The number of benzene rings is 1. The van der Waals surface area contributed by atoms with E-state index in [-0.39, 0.29) is 23.2 Å². The summed E-state index contributed by atoms with van der Waals surface area (Å²) >= 11 is 3.46. The van der Waals surface area contributed by atoms with E-state index in [9.17, 15) is 9.59 Å². The molecule has 130 valence electrons. The van der Waals surface area contributed by atoms with E-state index < -0.39 is 11.2 Å². The first-order valence-corrected chi connectivity index (χ1v) is 8.67. The molecule has 2 heterocycles. The van der Waals surface area contributed by atoms with Crippen molar-refractivity contribution in [1.29, 1.82) is 0 Å². The van der Waals surface area contributed by atoms with Crippen LogP contribution in [0.5, 0.6) is 6.01 Å². The van der Waals surface area contributed by atoms with Crippen LogP contribution in [0.2, 0.25) is 0 Å². The quantitative estimate of drug-likeness (QED) is 0.716. The van der Waals surface area contributed by atoms with Crippen LogP contribution in [-0.4, -0.2) is 9.97 Å². The molecular formula is C18H17BrN2O4. The van der Waals surface area contributed by atoms with Crippen LogP contribution in [0.1, 0.15) is 36.6 Å². The lowest BCUT2D eigenvalue weighted by molar-refractivity contribution is 0.206. The molecule has 0 aliphatic heterocycles. The van der Waals surface area contributed by atoms with Crippen LogP contribution in [0.4, 0.5) is 0 Å². The van der Waals surface area contributed by atoms with Gasteiger partial charge in [-0.25, -0.2) is 4.79 Å². The van der Waals surface area contributed by atoms with Gasteiger partial charge in [0.2, 0.25) is 5.71 Å². The Hall–Kier alpha value is -2.41. The van der Waals surface area contributed by atoms with E-state index in [1.54, 1.807) is 0 Å². The number of fused-ring (bicyclic) bond motifs is 1. The molecule has 6 nitrogen and oxygen atoms in total. The van der Waals surface area contributed by atoms with Crippen molar-refractivity contribution in [3.8, 4) is 6.01 Å². The summed E-state index contributed by atoms with van der Waals surface area (Å²) < 4.78 is 11.8. The second-order valence-corrected chi connectivity index (χ2v) is 6.73. The minimum Gasteiger partial charge on any atom is -0.457 e. The Kier molecular flexibility index (Phi) is 4.76. The Morgan fingerprint density at radius 1 is 1.28 bits per heavy atom. The Balaban J connectivity index is 2.02. The van der Waals surface area contributed by atoms with E-state index in [0.717, 1.165) is 15.6 Å². The van der Waals surface area contributed by atoms with Crippen LogP contribution in [-0.2, 0) is 6.42 Å². The number of rotatable bonds is 4. The molecule has 1 aromatic carbocycles. The second-order valence-electron chi connectivity index (χ2n) is 5.82. The lowest BCUT2D eigenvalue weighted by Crippen LogP contribution is -2.16. The highest BCUT2D eigenvalue weighted by Crippen LogP contribution is 2.24. The first kappa shape index (κ1) is 17.4. The number of aromatic nitrogens is 2. The number of nitrogens with zero attached hydrogens (tertiary/aromatic N) is 1. The predicted octanol–water partition coefficient (Wildman–Crippen LogP) is 3.65. The summed E-state index contributed by atoms with van der Waals surface area (Å²) in [4.78, 5) is 30.8. The van der Waals surface area contributed by atoms with E-state index in [1.165, 1.54) is 6.07 Å². The van der Waals surface area contributed by atoms with E-state index in [0.29, 0.717) is 12.0 Å². The van der Waals surface area contributed by atoms with Crippen molar-refractivity contribution < 1.29 is 9.15 Å². The van der Waals surface area contributed by atoms with E-state index in [4.69, 9.17) is 9.15 Å². The monoisotopic (exact) mass is 404 g/mol. The molecule has 7 heteroatoms. The SMILES string of the molecule is CCc1cc(=O)oc2nc(O[C@H](C)c3cc(C)cc(Br)c3)[nH]c(=O)c12. The van der Waals surface area contributed by atoms with Gasteiger partial charge < -0.3 is 9.15 Å². The van der Waals surface area contributed by atoms with Gasteiger partial charge in [-0.2, -0.15) is 4.98 Å². The highest BCUT2D eigenvalue weighted by molar-refractivity contribution is 9.10. The molecule has 3 rings (SSSR count). The van der Waals surface area contributed by atoms with Crippen molar-refractivity contribution in [1.82, 2.24) is 9.97 Å². The average molecular weight is 405 g/mol. The van der Waals surface area contributed by atoms with Crippen LogP contribution in [0.25, 0.3) is 11.1 Å². The maximum absolute atomic E-state index is 12.4. The van der Waals surface area contributed by atoms with Crippen LogP contribution >= 0.6 is 15.9 Å². The highest BCUT2D eigenvalue weighted by atomic mass is 79.9. The van der Waals surface area contributed by atoms with E-state index >= 15 is 0 Å². The Labute approximate surface area is 152 Å². The minimum absolute atomic E-state index is 0.0130. The first-order valence-electron chi connectivity index (χ1n) is 7.88. The molecule has 0 aliphatic rings. The number of aryl methyl sites for hydroxylation is 2. The largest absolute Gasteiger partial charge is 0.457 e. The normalized spacial score (nSPS) is 12.3. The Morgan fingerprint density at radius 3 is 2.72 bits per heavy atom.